The highest BCUT2D eigenvalue weighted by Gasteiger charge is 2.14. The molecule has 24 heavy (non-hydrogen) atoms. The second-order valence-electron chi connectivity index (χ2n) is 5.86. The highest BCUT2D eigenvalue weighted by atomic mass is 79.9. The van der Waals surface area contributed by atoms with Crippen LogP contribution in [-0.2, 0) is 0 Å². The summed E-state index contributed by atoms with van der Waals surface area (Å²) < 4.78 is 8.39. The lowest BCUT2D eigenvalue weighted by molar-refractivity contribution is 0.432. The number of hydrogen-bond donors (Lipinski definition) is 0. The molecular formula is C18H15BrN4O. The van der Waals surface area contributed by atoms with Crippen molar-refractivity contribution in [2.24, 2.45) is 0 Å². The molecule has 0 amide bonds. The molecule has 0 unspecified atom stereocenters. The summed E-state index contributed by atoms with van der Waals surface area (Å²) in [7, 11) is 0. The number of benzene rings is 2. The van der Waals surface area contributed by atoms with Crippen molar-refractivity contribution >= 4 is 26.8 Å². The Morgan fingerprint density at radius 2 is 1.96 bits per heavy atom. The highest BCUT2D eigenvalue weighted by molar-refractivity contribution is 9.10. The van der Waals surface area contributed by atoms with E-state index in [4.69, 9.17) is 4.52 Å². The van der Waals surface area contributed by atoms with E-state index in [9.17, 15) is 0 Å². The molecule has 2 aromatic heterocycles. The first kappa shape index (κ1) is 15.1. The van der Waals surface area contributed by atoms with Crippen LogP contribution in [-0.4, -0.2) is 19.9 Å². The van der Waals surface area contributed by atoms with Crippen molar-refractivity contribution < 1.29 is 4.52 Å². The molecule has 120 valence electrons. The minimum atomic E-state index is 0.318. The van der Waals surface area contributed by atoms with Crippen molar-refractivity contribution in [1.29, 1.82) is 0 Å². The van der Waals surface area contributed by atoms with Crippen LogP contribution in [0.2, 0.25) is 0 Å². The largest absolute Gasteiger partial charge is 0.334 e. The maximum Gasteiger partial charge on any atom is 0.258 e. The maximum absolute atomic E-state index is 5.45. The molecule has 0 saturated heterocycles. The Kier molecular flexibility index (Phi) is 3.69. The van der Waals surface area contributed by atoms with E-state index >= 15 is 0 Å². The Morgan fingerprint density at radius 3 is 2.75 bits per heavy atom. The van der Waals surface area contributed by atoms with Gasteiger partial charge in [-0.2, -0.15) is 10.1 Å². The van der Waals surface area contributed by atoms with Crippen LogP contribution in [0.4, 0.5) is 0 Å². The molecule has 6 heteroatoms. The number of rotatable bonds is 3. The quantitative estimate of drug-likeness (QED) is 0.494. The fourth-order valence-corrected chi connectivity index (χ4v) is 3.15. The van der Waals surface area contributed by atoms with Gasteiger partial charge in [-0.15, -0.1) is 0 Å². The zero-order valence-electron chi connectivity index (χ0n) is 13.3. The van der Waals surface area contributed by atoms with Crippen molar-refractivity contribution in [1.82, 2.24) is 19.9 Å². The van der Waals surface area contributed by atoms with Crippen LogP contribution in [0.3, 0.4) is 0 Å². The molecule has 0 aliphatic carbocycles. The van der Waals surface area contributed by atoms with Crippen molar-refractivity contribution in [2.45, 2.75) is 19.9 Å². The van der Waals surface area contributed by atoms with Crippen molar-refractivity contribution in [3.8, 4) is 22.8 Å². The molecule has 2 aromatic carbocycles. The van der Waals surface area contributed by atoms with Crippen LogP contribution in [0.15, 0.2) is 57.7 Å². The Bertz CT molecular complexity index is 1020. The van der Waals surface area contributed by atoms with E-state index in [0.717, 1.165) is 26.5 Å². The van der Waals surface area contributed by atoms with E-state index in [0.29, 0.717) is 17.8 Å². The minimum Gasteiger partial charge on any atom is -0.334 e. The number of aromatic nitrogens is 4. The summed E-state index contributed by atoms with van der Waals surface area (Å²) in [5.74, 6) is 1.07. The predicted octanol–water partition coefficient (Wildman–Crippen LogP) is 5.10. The van der Waals surface area contributed by atoms with Gasteiger partial charge in [0.25, 0.3) is 5.89 Å². The van der Waals surface area contributed by atoms with Gasteiger partial charge < -0.3 is 4.52 Å². The Labute approximate surface area is 147 Å². The second-order valence-corrected chi connectivity index (χ2v) is 6.71. The summed E-state index contributed by atoms with van der Waals surface area (Å²) in [6.45, 7) is 4.23. The summed E-state index contributed by atoms with van der Waals surface area (Å²) in [5, 5.41) is 9.60. The molecule has 5 nitrogen and oxygen atoms in total. The third kappa shape index (κ3) is 2.53. The zero-order chi connectivity index (χ0) is 16.7. The van der Waals surface area contributed by atoms with Crippen LogP contribution < -0.4 is 0 Å². The SMILES string of the molecule is CC(C)n1ncc2cc(-c3nc(-c4ccccc4Br)no3)ccc21. The lowest BCUT2D eigenvalue weighted by atomic mass is 10.1. The zero-order valence-corrected chi connectivity index (χ0v) is 14.9. The van der Waals surface area contributed by atoms with Crippen LogP contribution in [0.5, 0.6) is 0 Å². The van der Waals surface area contributed by atoms with E-state index in [1.165, 1.54) is 0 Å². The predicted molar refractivity (Wildman–Crippen MR) is 96.5 cm³/mol. The van der Waals surface area contributed by atoms with Crippen molar-refractivity contribution in [3.63, 3.8) is 0 Å². The van der Waals surface area contributed by atoms with E-state index < -0.39 is 0 Å². The van der Waals surface area contributed by atoms with Crippen LogP contribution in [0.1, 0.15) is 19.9 Å². The van der Waals surface area contributed by atoms with Crippen molar-refractivity contribution in [3.05, 3.63) is 53.1 Å². The van der Waals surface area contributed by atoms with Gasteiger partial charge in [-0.1, -0.05) is 33.2 Å². The fourth-order valence-electron chi connectivity index (χ4n) is 2.69. The molecule has 0 radical (unpaired) electrons. The monoisotopic (exact) mass is 382 g/mol. The first-order valence-electron chi connectivity index (χ1n) is 7.70. The first-order chi connectivity index (χ1) is 11.6. The third-order valence-corrected chi connectivity index (χ3v) is 4.56. The van der Waals surface area contributed by atoms with Crippen LogP contribution in [0, 0.1) is 0 Å². The molecule has 0 saturated carbocycles. The Morgan fingerprint density at radius 1 is 1.12 bits per heavy atom. The summed E-state index contributed by atoms with van der Waals surface area (Å²) in [5.41, 5.74) is 2.89. The molecule has 0 fully saturated rings. The van der Waals surface area contributed by atoms with Gasteiger partial charge in [-0.05, 0) is 44.2 Å². The van der Waals surface area contributed by atoms with Gasteiger partial charge in [0.2, 0.25) is 5.82 Å². The van der Waals surface area contributed by atoms with Crippen molar-refractivity contribution in [2.75, 3.05) is 0 Å². The molecule has 4 aromatic rings. The van der Waals surface area contributed by atoms with Gasteiger partial charge in [0.15, 0.2) is 0 Å². The van der Waals surface area contributed by atoms with Gasteiger partial charge in [0, 0.05) is 27.0 Å². The average Bonchev–Trinajstić information content (AvgIpc) is 3.21. The van der Waals surface area contributed by atoms with Crippen LogP contribution in [0.25, 0.3) is 33.7 Å². The molecule has 4 rings (SSSR count). The van der Waals surface area contributed by atoms with E-state index in [1.54, 1.807) is 0 Å². The van der Waals surface area contributed by atoms with Crippen LogP contribution >= 0.6 is 15.9 Å². The highest BCUT2D eigenvalue weighted by Crippen LogP contribution is 2.29. The standard InChI is InChI=1S/C18H15BrN4O/c1-11(2)23-16-8-7-12(9-13(16)10-20-23)18-21-17(22-24-18)14-5-3-4-6-15(14)19/h3-11H,1-2H3. The molecule has 0 aliphatic rings. The van der Waals surface area contributed by atoms with Gasteiger partial charge >= 0.3 is 0 Å². The molecule has 0 bridgehead atoms. The smallest absolute Gasteiger partial charge is 0.258 e. The third-order valence-electron chi connectivity index (χ3n) is 3.87. The lowest BCUT2D eigenvalue weighted by Gasteiger charge is -2.06. The molecule has 0 spiro atoms. The van der Waals surface area contributed by atoms with E-state index in [1.807, 2.05) is 53.3 Å². The minimum absolute atomic E-state index is 0.318. The molecular weight excluding hydrogens is 368 g/mol. The normalized spacial score (nSPS) is 11.5. The molecule has 2 heterocycles. The van der Waals surface area contributed by atoms with Gasteiger partial charge in [-0.25, -0.2) is 0 Å². The maximum atomic E-state index is 5.45. The molecule has 0 aliphatic heterocycles. The number of halogens is 1. The van der Waals surface area contributed by atoms with Gasteiger partial charge in [0.05, 0.1) is 11.7 Å². The Hall–Kier alpha value is -2.47. The summed E-state index contributed by atoms with van der Waals surface area (Å²) >= 11 is 3.51. The van der Waals surface area contributed by atoms with Gasteiger partial charge in [0.1, 0.15) is 0 Å². The van der Waals surface area contributed by atoms with E-state index in [2.05, 4.69) is 45.0 Å². The summed E-state index contributed by atoms with van der Waals surface area (Å²) in [4.78, 5) is 4.53. The topological polar surface area (TPSA) is 56.7 Å². The number of nitrogens with zero attached hydrogens (tertiary/aromatic N) is 4. The van der Waals surface area contributed by atoms with Gasteiger partial charge in [-0.3, -0.25) is 4.68 Å². The Balaban J connectivity index is 1.75. The summed E-state index contributed by atoms with van der Waals surface area (Å²) in [6, 6.07) is 14.2. The number of fused-ring (bicyclic) bond motifs is 1. The second kappa shape index (κ2) is 5.87. The number of hydrogen-bond acceptors (Lipinski definition) is 4. The molecule has 0 atom stereocenters. The summed E-state index contributed by atoms with van der Waals surface area (Å²) in [6.07, 6.45) is 1.86. The average molecular weight is 383 g/mol. The molecule has 0 N–H and O–H groups in total. The first-order valence-corrected chi connectivity index (χ1v) is 8.49. The fraction of sp³-hybridized carbons (Fsp3) is 0.167. The lowest BCUT2D eigenvalue weighted by Crippen LogP contribution is -2.01. The van der Waals surface area contributed by atoms with E-state index in [-0.39, 0.29) is 0 Å².